The van der Waals surface area contributed by atoms with E-state index in [1.54, 1.807) is 0 Å². The van der Waals surface area contributed by atoms with Gasteiger partial charge < -0.3 is 0 Å². The lowest BCUT2D eigenvalue weighted by Crippen LogP contribution is -2.22. The molecule has 0 aromatic carbocycles. The maximum Gasteiger partial charge on any atom is 0.132 e. The molecule has 0 aliphatic rings. The predicted octanol–water partition coefficient (Wildman–Crippen LogP) is 4.62. The van der Waals surface area contributed by atoms with Crippen molar-refractivity contribution in [3.8, 4) is 11.5 Å². The van der Waals surface area contributed by atoms with Gasteiger partial charge in [0.15, 0.2) is 0 Å². The third-order valence-corrected chi connectivity index (χ3v) is 5.15. The zero-order valence-electron chi connectivity index (χ0n) is 10.4. The molecule has 0 N–H and O–H groups in total. The van der Waals surface area contributed by atoms with Crippen LogP contribution in [0.2, 0.25) is 19.1 Å². The van der Waals surface area contributed by atoms with E-state index in [4.69, 9.17) is 0 Å². The summed E-state index contributed by atoms with van der Waals surface area (Å²) in [5, 5.41) is 0. The molecule has 0 fully saturated rings. The van der Waals surface area contributed by atoms with E-state index in [1.807, 2.05) is 6.92 Å². The molecule has 0 aromatic heterocycles. The topological polar surface area (TPSA) is 0 Å². The van der Waals surface area contributed by atoms with E-state index < -0.39 is 8.07 Å². The zero-order valence-corrected chi connectivity index (χ0v) is 11.4. The highest BCUT2D eigenvalue weighted by atomic mass is 28.3. The van der Waals surface area contributed by atoms with Crippen molar-refractivity contribution in [2.24, 2.45) is 0 Å². The molecule has 0 spiro atoms. The van der Waals surface area contributed by atoms with Crippen molar-refractivity contribution in [3.63, 3.8) is 0 Å². The first-order valence-electron chi connectivity index (χ1n) is 6.06. The van der Waals surface area contributed by atoms with Crippen LogP contribution in [0.3, 0.4) is 0 Å². The van der Waals surface area contributed by atoms with Gasteiger partial charge in [0.25, 0.3) is 0 Å². The largest absolute Gasteiger partial charge is 0.132 e. The minimum absolute atomic E-state index is 1.13. The van der Waals surface area contributed by atoms with Crippen LogP contribution in [-0.4, -0.2) is 8.07 Å². The summed E-state index contributed by atoms with van der Waals surface area (Å²) in [6.07, 6.45) is 8.44. The lowest BCUT2D eigenvalue weighted by molar-refractivity contribution is 0.623. The summed E-state index contributed by atoms with van der Waals surface area (Å²) in [4.78, 5) is 0. The highest BCUT2D eigenvalue weighted by Crippen LogP contribution is 2.15. The Balaban J connectivity index is 3.38. The van der Waals surface area contributed by atoms with E-state index in [0.29, 0.717) is 0 Å². The maximum absolute atomic E-state index is 3.41. The van der Waals surface area contributed by atoms with Gasteiger partial charge in [0.05, 0.1) is 0 Å². The highest BCUT2D eigenvalue weighted by Gasteiger charge is 2.16. The Morgan fingerprint density at radius 1 is 0.929 bits per heavy atom. The van der Waals surface area contributed by atoms with E-state index in [2.05, 4.69) is 31.5 Å². The molecule has 0 nitrogen and oxygen atoms in total. The van der Waals surface area contributed by atoms with Crippen LogP contribution in [0, 0.1) is 11.5 Å². The minimum Gasteiger partial charge on any atom is -0.132 e. The molecule has 0 saturated carbocycles. The standard InChI is InChI=1S/C13H26Si/c1-5-7-8-9-10-11-13-14(3,4)12-6-2/h5,7-11,13H2,1-4H3. The van der Waals surface area contributed by atoms with Gasteiger partial charge >= 0.3 is 0 Å². The van der Waals surface area contributed by atoms with Crippen molar-refractivity contribution in [2.75, 3.05) is 0 Å². The molecular formula is C13H26Si. The van der Waals surface area contributed by atoms with Crippen molar-refractivity contribution >= 4 is 8.07 Å². The summed E-state index contributed by atoms with van der Waals surface area (Å²) < 4.78 is 0. The van der Waals surface area contributed by atoms with Crippen molar-refractivity contribution in [3.05, 3.63) is 0 Å². The van der Waals surface area contributed by atoms with Crippen LogP contribution in [-0.2, 0) is 0 Å². The summed E-state index contributed by atoms with van der Waals surface area (Å²) in [7, 11) is -1.13. The van der Waals surface area contributed by atoms with Crippen molar-refractivity contribution in [1.82, 2.24) is 0 Å². The normalized spacial score (nSPS) is 10.9. The van der Waals surface area contributed by atoms with Crippen LogP contribution in [0.4, 0.5) is 0 Å². The Kier molecular flexibility index (Phi) is 7.99. The Morgan fingerprint density at radius 2 is 1.50 bits per heavy atom. The maximum atomic E-state index is 3.41. The van der Waals surface area contributed by atoms with Gasteiger partial charge in [0.1, 0.15) is 8.07 Å². The highest BCUT2D eigenvalue weighted by molar-refractivity contribution is 6.85. The Bertz CT molecular complexity index is 183. The fourth-order valence-electron chi connectivity index (χ4n) is 1.75. The van der Waals surface area contributed by atoms with Gasteiger partial charge in [0.2, 0.25) is 0 Å². The van der Waals surface area contributed by atoms with Gasteiger partial charge in [-0.1, -0.05) is 58.5 Å². The van der Waals surface area contributed by atoms with Gasteiger partial charge in [-0.05, 0) is 13.0 Å². The average molecular weight is 210 g/mol. The summed E-state index contributed by atoms with van der Waals surface area (Å²) in [5.74, 6) is 3.08. The van der Waals surface area contributed by atoms with Gasteiger partial charge in [0, 0.05) is 0 Å². The molecule has 0 amide bonds. The number of rotatable bonds is 7. The van der Waals surface area contributed by atoms with E-state index in [9.17, 15) is 0 Å². The lowest BCUT2D eigenvalue weighted by Gasteiger charge is -2.13. The number of hydrogen-bond acceptors (Lipinski definition) is 0. The van der Waals surface area contributed by atoms with E-state index in [-0.39, 0.29) is 0 Å². The van der Waals surface area contributed by atoms with Gasteiger partial charge in [-0.25, -0.2) is 0 Å². The average Bonchev–Trinajstić information content (AvgIpc) is 2.11. The summed E-state index contributed by atoms with van der Waals surface area (Å²) in [6.45, 7) is 9.01. The molecule has 1 heteroatoms. The Hall–Kier alpha value is -0.223. The zero-order chi connectivity index (χ0) is 10.9. The molecule has 0 saturated heterocycles. The first-order chi connectivity index (χ1) is 6.62. The van der Waals surface area contributed by atoms with Crippen LogP contribution in [0.25, 0.3) is 0 Å². The number of unbranched alkanes of at least 4 members (excludes halogenated alkanes) is 5. The Morgan fingerprint density at radius 3 is 2.07 bits per heavy atom. The van der Waals surface area contributed by atoms with Crippen LogP contribution in [0.5, 0.6) is 0 Å². The fourth-order valence-corrected chi connectivity index (χ4v) is 3.68. The van der Waals surface area contributed by atoms with Gasteiger partial charge in [-0.3, -0.25) is 0 Å². The molecule has 0 aliphatic heterocycles. The van der Waals surface area contributed by atoms with Crippen molar-refractivity contribution < 1.29 is 0 Å². The second kappa shape index (κ2) is 8.12. The van der Waals surface area contributed by atoms with Crippen LogP contribution in [0.1, 0.15) is 52.4 Å². The molecule has 0 bridgehead atoms. The number of hydrogen-bond donors (Lipinski definition) is 0. The van der Waals surface area contributed by atoms with Gasteiger partial charge in [-0.15, -0.1) is 11.5 Å². The summed E-state index contributed by atoms with van der Waals surface area (Å²) >= 11 is 0. The van der Waals surface area contributed by atoms with Gasteiger partial charge in [-0.2, -0.15) is 0 Å². The molecule has 82 valence electrons. The lowest BCUT2D eigenvalue weighted by atomic mass is 10.1. The molecular weight excluding hydrogens is 184 g/mol. The van der Waals surface area contributed by atoms with E-state index >= 15 is 0 Å². The van der Waals surface area contributed by atoms with Crippen LogP contribution < -0.4 is 0 Å². The van der Waals surface area contributed by atoms with E-state index in [1.165, 1.54) is 44.6 Å². The monoisotopic (exact) mass is 210 g/mol. The van der Waals surface area contributed by atoms with Crippen molar-refractivity contribution in [1.29, 1.82) is 0 Å². The predicted molar refractivity (Wildman–Crippen MR) is 69.1 cm³/mol. The fraction of sp³-hybridized carbons (Fsp3) is 0.846. The summed E-state index contributed by atoms with van der Waals surface area (Å²) in [6, 6.07) is 1.39. The second-order valence-electron chi connectivity index (χ2n) is 4.78. The quantitative estimate of drug-likeness (QED) is 0.327. The molecule has 0 aromatic rings. The molecule has 14 heavy (non-hydrogen) atoms. The Labute approximate surface area is 91.5 Å². The first-order valence-corrected chi connectivity index (χ1v) is 9.27. The third kappa shape index (κ3) is 8.38. The molecule has 0 rings (SSSR count). The van der Waals surface area contributed by atoms with Crippen molar-refractivity contribution in [2.45, 2.75) is 71.5 Å². The third-order valence-electron chi connectivity index (χ3n) is 2.62. The molecule has 0 atom stereocenters. The van der Waals surface area contributed by atoms with Crippen LogP contribution >= 0.6 is 0 Å². The first kappa shape index (κ1) is 13.8. The van der Waals surface area contributed by atoms with Crippen LogP contribution in [0.15, 0.2) is 0 Å². The molecule has 0 unspecified atom stereocenters. The molecule has 0 heterocycles. The molecule has 0 aliphatic carbocycles. The smallest absolute Gasteiger partial charge is 0.132 e. The van der Waals surface area contributed by atoms with E-state index in [0.717, 1.165) is 0 Å². The summed E-state index contributed by atoms with van der Waals surface area (Å²) in [5.41, 5.74) is 3.41. The second-order valence-corrected chi connectivity index (χ2v) is 9.29. The minimum atomic E-state index is -1.13. The SMILES string of the molecule is CC#C[Si](C)(C)CCCCCCCC. The molecule has 0 radical (unpaired) electrons.